The first-order chi connectivity index (χ1) is 36.4. The number of primary amides is 3. The van der Waals surface area contributed by atoms with Crippen LogP contribution in [-0.2, 0) is 64.0 Å². The van der Waals surface area contributed by atoms with Crippen molar-refractivity contribution in [2.45, 2.75) is 119 Å². The summed E-state index contributed by atoms with van der Waals surface area (Å²) >= 11 is 7.95. The van der Waals surface area contributed by atoms with Gasteiger partial charge in [0.1, 0.15) is 48.3 Å². The monoisotopic (exact) mass is 1160 g/mol. The Hall–Kier alpha value is -6.28. The fourth-order valence-corrected chi connectivity index (χ4v) is 8.83. The number of benzene rings is 1. The summed E-state index contributed by atoms with van der Waals surface area (Å²) in [6.07, 6.45) is 2.10. The first-order valence-electron chi connectivity index (χ1n) is 23.9. The number of aliphatic hydroxyl groups is 1. The van der Waals surface area contributed by atoms with E-state index in [1.54, 1.807) is 49.2 Å². The summed E-state index contributed by atoms with van der Waals surface area (Å²) in [5.41, 5.74) is 23.2. The SMILES string of the molecule is CSCC[C@H](NC(=O)[C@H](CC(N)=O)NC(=O)[C@H](CCSC)NC(=O)[C@H](CCC(N)=O)NC(=O)[C@H](CC(N)=O)NC(=O)[C@H](Cc1c[nH]c2ccccc12)NC(=O)[C@@H](NC(=O)[C@H](CCSC)NC(=O)[C@@H](N)CS)[C@@H](C)O)C(=O)O. The molecule has 0 spiro atoms. The van der Waals surface area contributed by atoms with Crippen LogP contribution in [-0.4, -0.2) is 188 Å². The number of nitrogens with two attached hydrogens (primary N) is 4. The summed E-state index contributed by atoms with van der Waals surface area (Å²) < 4.78 is 0. The van der Waals surface area contributed by atoms with Crippen molar-refractivity contribution in [3.63, 3.8) is 0 Å². The average Bonchev–Trinajstić information content (AvgIpc) is 3.78. The van der Waals surface area contributed by atoms with Crippen LogP contribution in [0, 0.1) is 0 Å². The smallest absolute Gasteiger partial charge is 0.326 e. The van der Waals surface area contributed by atoms with Crippen molar-refractivity contribution in [3.05, 3.63) is 36.0 Å². The molecule has 0 saturated carbocycles. The molecule has 0 bridgehead atoms. The molecule has 2 aromatic rings. The third-order valence-electron chi connectivity index (χ3n) is 11.4. The summed E-state index contributed by atoms with van der Waals surface area (Å²) in [5.74, 6) is -11.7. The summed E-state index contributed by atoms with van der Waals surface area (Å²) in [6.45, 7) is 1.19. The van der Waals surface area contributed by atoms with Gasteiger partial charge in [0.25, 0.3) is 0 Å². The van der Waals surface area contributed by atoms with Gasteiger partial charge in [-0.25, -0.2) is 4.79 Å². The van der Waals surface area contributed by atoms with Gasteiger partial charge in [0.05, 0.1) is 25.0 Å². The van der Waals surface area contributed by atoms with E-state index in [2.05, 4.69) is 60.1 Å². The molecular formula is C46H71N13O14S4. The van der Waals surface area contributed by atoms with Crippen molar-refractivity contribution in [1.82, 2.24) is 47.5 Å². The number of hydrogen-bond donors (Lipinski definition) is 16. The Bertz CT molecular complexity index is 2400. The number of carboxylic acids is 1. The summed E-state index contributed by atoms with van der Waals surface area (Å²) in [6, 6.07) is -6.96. The summed E-state index contributed by atoms with van der Waals surface area (Å²) in [7, 11) is 0. The van der Waals surface area contributed by atoms with E-state index < -0.39 is 157 Å². The van der Waals surface area contributed by atoms with Gasteiger partial charge in [0.2, 0.25) is 65.0 Å². The number of carbonyl (C=O) groups excluding carboxylic acids is 11. The third-order valence-corrected chi connectivity index (χ3v) is 13.8. The van der Waals surface area contributed by atoms with Crippen LogP contribution >= 0.6 is 47.9 Å². The highest BCUT2D eigenvalue weighted by molar-refractivity contribution is 7.99. The predicted octanol–water partition coefficient (Wildman–Crippen LogP) is -4.41. The van der Waals surface area contributed by atoms with Crippen molar-refractivity contribution in [2.75, 3.05) is 41.8 Å². The fourth-order valence-electron chi connectivity index (χ4n) is 7.25. The number of para-hydroxylation sites is 1. The molecule has 1 aromatic heterocycles. The molecule has 2 rings (SSSR count). The number of fused-ring (bicyclic) bond motifs is 1. The van der Waals surface area contributed by atoms with Gasteiger partial charge in [-0.1, -0.05) is 18.2 Å². The first-order valence-corrected chi connectivity index (χ1v) is 28.8. The standard InChI is InChI=1S/C46H71N13O14S4/c1-22(60)37(59-41(67)29(12-15-76-3)52-38(64)25(47)21-74)45(71)58-31(17-23-20-51-26-8-6-5-7-24(23)26)42(68)57-32(18-35(49)62)43(69)53-27(9-10-34(48)61)39(65)54-28(11-14-75-2)40(66)56-33(19-36(50)63)44(70)55-30(46(72)73)13-16-77-4/h5-8,20,22,25,27-33,37,51,60,74H,9-19,21,47H2,1-4H3,(H2,48,61)(H2,49,62)(H2,50,63)(H,52,64)(H,53,69)(H,54,65)(H,55,70)(H,56,66)(H,57,68)(H,58,71)(H,59,67)(H,72,73)/t22-,25+,27+,28+,29+,30+,31+,32+,33+,37+/m1/s1. The summed E-state index contributed by atoms with van der Waals surface area (Å²) in [5, 5.41) is 40.3. The highest BCUT2D eigenvalue weighted by atomic mass is 32.2. The Morgan fingerprint density at radius 2 is 0.961 bits per heavy atom. The number of aliphatic carboxylic acids is 1. The predicted molar refractivity (Wildman–Crippen MR) is 294 cm³/mol. The van der Waals surface area contributed by atoms with E-state index in [-0.39, 0.29) is 37.2 Å². The van der Waals surface area contributed by atoms with Crippen LogP contribution in [0.3, 0.4) is 0 Å². The molecule has 31 heteroatoms. The fraction of sp³-hybridized carbons (Fsp3) is 0.565. The molecule has 428 valence electrons. The number of rotatable bonds is 37. The molecule has 19 N–H and O–H groups in total. The minimum Gasteiger partial charge on any atom is -0.480 e. The molecule has 27 nitrogen and oxygen atoms in total. The number of carboxylic acid groups (broad SMARTS) is 1. The first kappa shape index (κ1) is 66.8. The van der Waals surface area contributed by atoms with E-state index in [0.717, 1.165) is 0 Å². The van der Waals surface area contributed by atoms with E-state index in [1.165, 1.54) is 42.2 Å². The van der Waals surface area contributed by atoms with E-state index in [4.69, 9.17) is 22.9 Å². The second kappa shape index (κ2) is 34.5. The van der Waals surface area contributed by atoms with Gasteiger partial charge in [0, 0.05) is 35.7 Å². The molecule has 0 aliphatic heterocycles. The minimum absolute atomic E-state index is 0.000805. The van der Waals surface area contributed by atoms with Crippen molar-refractivity contribution >= 4 is 130 Å². The molecule has 1 heterocycles. The quantitative estimate of drug-likeness (QED) is 0.0284. The topological polar surface area (TPSA) is 461 Å². The largest absolute Gasteiger partial charge is 0.480 e. The van der Waals surface area contributed by atoms with Crippen LogP contribution in [0.2, 0.25) is 0 Å². The zero-order valence-electron chi connectivity index (χ0n) is 42.9. The van der Waals surface area contributed by atoms with Crippen LogP contribution in [0.25, 0.3) is 10.9 Å². The van der Waals surface area contributed by atoms with E-state index >= 15 is 0 Å². The summed E-state index contributed by atoms with van der Waals surface area (Å²) in [4.78, 5) is 162. The zero-order valence-corrected chi connectivity index (χ0v) is 46.3. The van der Waals surface area contributed by atoms with Gasteiger partial charge in [-0.05, 0) is 80.3 Å². The number of aliphatic hydroxyl groups excluding tert-OH is 1. The second-order valence-corrected chi connectivity index (χ2v) is 20.9. The number of amides is 11. The highest BCUT2D eigenvalue weighted by Crippen LogP contribution is 2.20. The van der Waals surface area contributed by atoms with Crippen LogP contribution in [0.5, 0.6) is 0 Å². The molecule has 0 radical (unpaired) electrons. The second-order valence-electron chi connectivity index (χ2n) is 17.5. The Labute approximate surface area is 462 Å². The molecule has 77 heavy (non-hydrogen) atoms. The van der Waals surface area contributed by atoms with Gasteiger partial charge >= 0.3 is 5.97 Å². The van der Waals surface area contributed by atoms with Crippen LogP contribution < -0.4 is 65.5 Å². The van der Waals surface area contributed by atoms with Gasteiger partial charge < -0.3 is 80.7 Å². The maximum Gasteiger partial charge on any atom is 0.326 e. The number of thioether (sulfide) groups is 3. The van der Waals surface area contributed by atoms with Crippen molar-refractivity contribution in [1.29, 1.82) is 0 Å². The van der Waals surface area contributed by atoms with E-state index in [9.17, 15) is 67.7 Å². The van der Waals surface area contributed by atoms with E-state index in [1.807, 2.05) is 0 Å². The van der Waals surface area contributed by atoms with Gasteiger partial charge in [-0.3, -0.25) is 52.7 Å². The lowest BCUT2D eigenvalue weighted by Gasteiger charge is -2.28. The number of thiol groups is 1. The van der Waals surface area contributed by atoms with Gasteiger partial charge in [-0.2, -0.15) is 47.9 Å². The number of aromatic nitrogens is 1. The maximum atomic E-state index is 14.4. The van der Waals surface area contributed by atoms with Crippen molar-refractivity contribution in [3.8, 4) is 0 Å². The molecule has 0 aliphatic carbocycles. The molecule has 0 saturated heterocycles. The van der Waals surface area contributed by atoms with Crippen molar-refractivity contribution in [2.24, 2.45) is 22.9 Å². The highest BCUT2D eigenvalue weighted by Gasteiger charge is 2.37. The molecule has 0 fully saturated rings. The third kappa shape index (κ3) is 23.5. The Morgan fingerprint density at radius 3 is 1.42 bits per heavy atom. The lowest BCUT2D eigenvalue weighted by molar-refractivity contribution is -0.142. The van der Waals surface area contributed by atoms with Crippen molar-refractivity contribution < 1.29 is 67.7 Å². The van der Waals surface area contributed by atoms with Crippen LogP contribution in [0.15, 0.2) is 30.5 Å². The number of nitrogens with one attached hydrogen (secondary N) is 9. The average molecular weight is 1160 g/mol. The zero-order chi connectivity index (χ0) is 57.9. The number of hydrogen-bond acceptors (Lipinski definition) is 18. The molecule has 11 amide bonds. The normalized spacial score (nSPS) is 15.0. The number of H-pyrrole nitrogens is 1. The number of carbonyl (C=O) groups is 12. The lowest BCUT2D eigenvalue weighted by Crippen LogP contribution is -2.62. The Kier molecular flexibility index (Phi) is 29.9. The number of aromatic amines is 1. The van der Waals surface area contributed by atoms with Crippen LogP contribution in [0.4, 0.5) is 0 Å². The molecular weight excluding hydrogens is 1090 g/mol. The molecule has 1 aromatic carbocycles. The van der Waals surface area contributed by atoms with E-state index in [0.29, 0.717) is 28.0 Å². The van der Waals surface area contributed by atoms with Crippen LogP contribution in [0.1, 0.15) is 57.4 Å². The molecule has 10 atom stereocenters. The molecule has 0 aliphatic rings. The Balaban J connectivity index is 2.53. The lowest BCUT2D eigenvalue weighted by atomic mass is 10.0. The van der Waals surface area contributed by atoms with Gasteiger partial charge in [-0.15, -0.1) is 0 Å². The maximum absolute atomic E-state index is 14.4. The minimum atomic E-state index is -1.89. The Morgan fingerprint density at radius 1 is 0.558 bits per heavy atom. The molecule has 0 unspecified atom stereocenters. The van der Waals surface area contributed by atoms with Gasteiger partial charge in [0.15, 0.2) is 0 Å².